The van der Waals surface area contributed by atoms with Crippen molar-refractivity contribution in [2.45, 2.75) is 13.3 Å². The van der Waals surface area contributed by atoms with Crippen LogP contribution in [0, 0.1) is 12.8 Å². The molecule has 27 heavy (non-hydrogen) atoms. The minimum Gasteiger partial charge on any atom is -0.482 e. The number of carbonyl (C=O) groups is 3. The number of nitrogens with zero attached hydrogens (tertiary/aromatic N) is 1. The summed E-state index contributed by atoms with van der Waals surface area (Å²) in [6, 6.07) is 14.1. The monoisotopic (exact) mass is 368 g/mol. The van der Waals surface area contributed by atoms with Crippen LogP contribution in [-0.2, 0) is 14.4 Å². The van der Waals surface area contributed by atoms with Gasteiger partial charge in [-0.25, -0.2) is 4.79 Å². The molecule has 2 aromatic rings. The first-order chi connectivity index (χ1) is 12.9. The van der Waals surface area contributed by atoms with E-state index in [1.807, 2.05) is 31.2 Å². The summed E-state index contributed by atoms with van der Waals surface area (Å²) in [5.41, 5.74) is 2.37. The topological polar surface area (TPSA) is 95.9 Å². The number of amides is 2. The molecule has 140 valence electrons. The third-order valence-corrected chi connectivity index (χ3v) is 4.31. The Kier molecular flexibility index (Phi) is 5.40. The lowest BCUT2D eigenvalue weighted by Crippen LogP contribution is -2.28. The van der Waals surface area contributed by atoms with Crippen molar-refractivity contribution in [2.75, 3.05) is 23.4 Å². The van der Waals surface area contributed by atoms with Crippen molar-refractivity contribution in [1.29, 1.82) is 0 Å². The van der Waals surface area contributed by atoms with E-state index in [4.69, 9.17) is 9.84 Å². The molecule has 1 unspecified atom stereocenters. The highest BCUT2D eigenvalue weighted by Crippen LogP contribution is 2.27. The van der Waals surface area contributed by atoms with E-state index < -0.39 is 18.5 Å². The van der Waals surface area contributed by atoms with Gasteiger partial charge in [-0.1, -0.05) is 23.8 Å². The van der Waals surface area contributed by atoms with Crippen LogP contribution >= 0.6 is 0 Å². The van der Waals surface area contributed by atoms with Crippen LogP contribution in [0.2, 0.25) is 0 Å². The Labute approximate surface area is 156 Å². The minimum absolute atomic E-state index is 0.0856. The quantitative estimate of drug-likeness (QED) is 0.816. The Bertz CT molecular complexity index is 863. The SMILES string of the molecule is Cc1ccc(N2CC(C(=O)Nc3cccc(OCC(=O)O)c3)CC2=O)cc1. The molecule has 0 aromatic heterocycles. The zero-order valence-electron chi connectivity index (χ0n) is 14.8. The third kappa shape index (κ3) is 4.63. The Hall–Kier alpha value is -3.35. The molecule has 2 N–H and O–H groups in total. The van der Waals surface area contributed by atoms with E-state index in [0.29, 0.717) is 18.0 Å². The van der Waals surface area contributed by atoms with Crippen molar-refractivity contribution < 1.29 is 24.2 Å². The van der Waals surface area contributed by atoms with E-state index in [1.54, 1.807) is 29.2 Å². The van der Waals surface area contributed by atoms with Gasteiger partial charge >= 0.3 is 5.97 Å². The van der Waals surface area contributed by atoms with Crippen LogP contribution in [0.1, 0.15) is 12.0 Å². The molecule has 3 rings (SSSR count). The molecule has 1 aliphatic rings. The van der Waals surface area contributed by atoms with Gasteiger partial charge in [-0.3, -0.25) is 9.59 Å². The first kappa shape index (κ1) is 18.4. The van der Waals surface area contributed by atoms with Crippen molar-refractivity contribution in [2.24, 2.45) is 5.92 Å². The summed E-state index contributed by atoms with van der Waals surface area (Å²) in [7, 11) is 0. The fraction of sp³-hybridized carbons (Fsp3) is 0.250. The molecule has 0 bridgehead atoms. The first-order valence-corrected chi connectivity index (χ1v) is 8.55. The smallest absolute Gasteiger partial charge is 0.341 e. The summed E-state index contributed by atoms with van der Waals surface area (Å²) in [6.07, 6.45) is 0.148. The summed E-state index contributed by atoms with van der Waals surface area (Å²) < 4.78 is 5.10. The summed E-state index contributed by atoms with van der Waals surface area (Å²) >= 11 is 0. The number of carboxylic acids is 1. The van der Waals surface area contributed by atoms with Crippen molar-refractivity contribution in [3.05, 3.63) is 54.1 Å². The highest BCUT2D eigenvalue weighted by atomic mass is 16.5. The number of hydrogen-bond acceptors (Lipinski definition) is 4. The van der Waals surface area contributed by atoms with Crippen LogP contribution in [0.4, 0.5) is 11.4 Å². The van der Waals surface area contributed by atoms with Gasteiger partial charge in [0.15, 0.2) is 6.61 Å². The number of carboxylic acid groups (broad SMARTS) is 1. The maximum Gasteiger partial charge on any atom is 0.341 e. The number of aryl methyl sites for hydroxylation is 1. The zero-order valence-corrected chi connectivity index (χ0v) is 14.8. The van der Waals surface area contributed by atoms with Crippen LogP contribution in [0.3, 0.4) is 0 Å². The summed E-state index contributed by atoms with van der Waals surface area (Å²) in [6.45, 7) is 1.84. The Balaban J connectivity index is 1.63. The van der Waals surface area contributed by atoms with Gasteiger partial charge in [0.1, 0.15) is 5.75 Å². The molecular weight excluding hydrogens is 348 g/mol. The van der Waals surface area contributed by atoms with Gasteiger partial charge in [-0.15, -0.1) is 0 Å². The third-order valence-electron chi connectivity index (χ3n) is 4.31. The van der Waals surface area contributed by atoms with E-state index in [0.717, 1.165) is 11.3 Å². The summed E-state index contributed by atoms with van der Waals surface area (Å²) in [5, 5.41) is 11.4. The molecular formula is C20H20N2O5. The molecule has 2 aromatic carbocycles. The number of benzene rings is 2. The van der Waals surface area contributed by atoms with Gasteiger partial charge in [0.25, 0.3) is 0 Å². The molecule has 2 amide bonds. The molecule has 7 nitrogen and oxygen atoms in total. The van der Waals surface area contributed by atoms with Crippen LogP contribution in [0.15, 0.2) is 48.5 Å². The highest BCUT2D eigenvalue weighted by molar-refractivity contribution is 6.03. The lowest BCUT2D eigenvalue weighted by molar-refractivity contribution is -0.139. The van der Waals surface area contributed by atoms with E-state index in [-0.39, 0.29) is 18.2 Å². The number of carbonyl (C=O) groups excluding carboxylic acids is 2. The molecule has 1 saturated heterocycles. The largest absolute Gasteiger partial charge is 0.482 e. The lowest BCUT2D eigenvalue weighted by atomic mass is 10.1. The molecule has 0 aliphatic carbocycles. The van der Waals surface area contributed by atoms with Crippen molar-refractivity contribution >= 4 is 29.2 Å². The van der Waals surface area contributed by atoms with Crippen LogP contribution in [0.25, 0.3) is 0 Å². The van der Waals surface area contributed by atoms with E-state index in [2.05, 4.69) is 5.32 Å². The molecule has 1 fully saturated rings. The van der Waals surface area contributed by atoms with Gasteiger partial charge in [0, 0.05) is 30.4 Å². The maximum atomic E-state index is 12.5. The Morgan fingerprint density at radius 3 is 2.67 bits per heavy atom. The zero-order chi connectivity index (χ0) is 19.4. The number of hydrogen-bond donors (Lipinski definition) is 2. The molecule has 0 radical (unpaired) electrons. The first-order valence-electron chi connectivity index (χ1n) is 8.55. The fourth-order valence-electron chi connectivity index (χ4n) is 2.91. The molecule has 0 saturated carbocycles. The normalized spacial score (nSPS) is 16.3. The van der Waals surface area contributed by atoms with Crippen LogP contribution in [0.5, 0.6) is 5.75 Å². The summed E-state index contributed by atoms with van der Waals surface area (Å²) in [5.74, 6) is -1.53. The number of ether oxygens (including phenoxy) is 1. The number of rotatable bonds is 6. The Morgan fingerprint density at radius 1 is 1.22 bits per heavy atom. The molecule has 1 atom stereocenters. The van der Waals surface area contributed by atoms with E-state index in [1.165, 1.54) is 0 Å². The fourth-order valence-corrected chi connectivity index (χ4v) is 2.91. The number of anilines is 2. The predicted octanol–water partition coefficient (Wildman–Crippen LogP) is 2.45. The molecule has 0 spiro atoms. The van der Waals surface area contributed by atoms with Gasteiger partial charge in [-0.2, -0.15) is 0 Å². The highest BCUT2D eigenvalue weighted by Gasteiger charge is 2.35. The molecule has 7 heteroatoms. The van der Waals surface area contributed by atoms with Gasteiger partial charge in [0.2, 0.25) is 11.8 Å². The van der Waals surface area contributed by atoms with Gasteiger partial charge < -0.3 is 20.1 Å². The van der Waals surface area contributed by atoms with Crippen molar-refractivity contribution in [3.8, 4) is 5.75 Å². The maximum absolute atomic E-state index is 12.5. The summed E-state index contributed by atoms with van der Waals surface area (Å²) in [4.78, 5) is 37.0. The number of nitrogens with one attached hydrogen (secondary N) is 1. The standard InChI is InChI=1S/C20H20N2O5/c1-13-5-7-16(8-6-13)22-11-14(9-18(22)23)20(26)21-15-3-2-4-17(10-15)27-12-19(24)25/h2-8,10,14H,9,11-12H2,1H3,(H,21,26)(H,24,25). The number of aliphatic carboxylic acids is 1. The minimum atomic E-state index is -1.08. The second-order valence-corrected chi connectivity index (χ2v) is 6.44. The average molecular weight is 368 g/mol. The van der Waals surface area contributed by atoms with Gasteiger partial charge in [-0.05, 0) is 31.2 Å². The molecule has 1 aliphatic heterocycles. The van der Waals surface area contributed by atoms with Gasteiger partial charge in [0.05, 0.1) is 5.92 Å². The van der Waals surface area contributed by atoms with E-state index >= 15 is 0 Å². The second kappa shape index (κ2) is 7.90. The van der Waals surface area contributed by atoms with Crippen molar-refractivity contribution in [1.82, 2.24) is 0 Å². The van der Waals surface area contributed by atoms with E-state index in [9.17, 15) is 14.4 Å². The van der Waals surface area contributed by atoms with Crippen LogP contribution in [-0.4, -0.2) is 36.0 Å². The average Bonchev–Trinajstić information content (AvgIpc) is 3.03. The second-order valence-electron chi connectivity index (χ2n) is 6.44. The molecule has 1 heterocycles. The Morgan fingerprint density at radius 2 is 1.96 bits per heavy atom. The van der Waals surface area contributed by atoms with Crippen molar-refractivity contribution in [3.63, 3.8) is 0 Å². The predicted molar refractivity (Wildman–Crippen MR) is 99.8 cm³/mol. The lowest BCUT2D eigenvalue weighted by Gasteiger charge is -2.17. The van der Waals surface area contributed by atoms with Crippen LogP contribution < -0.4 is 15.0 Å².